The van der Waals surface area contributed by atoms with Crippen LogP contribution < -0.4 is 0 Å². The Balaban J connectivity index is 1.95. The van der Waals surface area contributed by atoms with Gasteiger partial charge < -0.3 is 15.1 Å². The second kappa shape index (κ2) is 7.84. The fourth-order valence-corrected chi connectivity index (χ4v) is 3.32. The van der Waals surface area contributed by atoms with E-state index >= 15 is 0 Å². The van der Waals surface area contributed by atoms with Crippen LogP contribution in [0.3, 0.4) is 0 Å². The molecule has 1 saturated heterocycles. The molecule has 0 aromatic heterocycles. The Bertz CT molecular complexity index is 551. The van der Waals surface area contributed by atoms with Crippen molar-refractivity contribution in [3.05, 3.63) is 35.9 Å². The molecule has 2 atom stereocenters. The van der Waals surface area contributed by atoms with Gasteiger partial charge in [-0.05, 0) is 30.6 Å². The molecule has 2 rings (SSSR count). The molecule has 1 aliphatic rings. The van der Waals surface area contributed by atoms with E-state index < -0.39 is 17.6 Å². The van der Waals surface area contributed by atoms with Crippen LogP contribution in [0.2, 0.25) is 0 Å². The Morgan fingerprint density at radius 2 is 2.00 bits per heavy atom. The van der Waals surface area contributed by atoms with Gasteiger partial charge in [0.15, 0.2) is 0 Å². The summed E-state index contributed by atoms with van der Waals surface area (Å²) >= 11 is 4.02. The number of carboxylic acid groups (broad SMARTS) is 1. The average Bonchev–Trinajstić information content (AvgIpc) is 2.87. The standard InChI is InChI=1S/C17H23NO4S/c19-15(8-10-23)18-12-17(22,11-14(18)16(20)21)9-4-7-13-5-2-1-3-6-13/h1-3,5-6,14,22-23H,4,7-12H2,(H,20,21)/t14-,17?/m0/s1. The highest BCUT2D eigenvalue weighted by Gasteiger charge is 2.47. The lowest BCUT2D eigenvalue weighted by atomic mass is 9.92. The first-order chi connectivity index (χ1) is 10.9. The van der Waals surface area contributed by atoms with Gasteiger partial charge in [0.25, 0.3) is 0 Å². The highest BCUT2D eigenvalue weighted by molar-refractivity contribution is 7.80. The number of benzene rings is 1. The number of hydrogen-bond donors (Lipinski definition) is 3. The summed E-state index contributed by atoms with van der Waals surface area (Å²) in [6.45, 7) is 0.0887. The number of likely N-dealkylation sites (tertiary alicyclic amines) is 1. The number of hydrogen-bond acceptors (Lipinski definition) is 4. The van der Waals surface area contributed by atoms with Gasteiger partial charge in [0.1, 0.15) is 6.04 Å². The molecule has 1 heterocycles. The van der Waals surface area contributed by atoms with Gasteiger partial charge in [-0.15, -0.1) is 0 Å². The maximum atomic E-state index is 12.0. The van der Waals surface area contributed by atoms with E-state index in [9.17, 15) is 19.8 Å². The number of aliphatic carboxylic acids is 1. The Morgan fingerprint density at radius 3 is 2.61 bits per heavy atom. The van der Waals surface area contributed by atoms with Crippen LogP contribution in [0.5, 0.6) is 0 Å². The molecule has 0 radical (unpaired) electrons. The normalized spacial score (nSPS) is 23.9. The summed E-state index contributed by atoms with van der Waals surface area (Å²) in [5.41, 5.74) is 0.0660. The molecule has 6 heteroatoms. The molecule has 0 aliphatic carbocycles. The van der Waals surface area contributed by atoms with Gasteiger partial charge in [0.05, 0.1) is 12.1 Å². The van der Waals surface area contributed by atoms with E-state index in [1.165, 1.54) is 10.5 Å². The van der Waals surface area contributed by atoms with Gasteiger partial charge in [-0.1, -0.05) is 30.3 Å². The summed E-state index contributed by atoms with van der Waals surface area (Å²) in [5, 5.41) is 20.0. The zero-order valence-electron chi connectivity index (χ0n) is 13.0. The second-order valence-electron chi connectivity index (χ2n) is 6.12. The third kappa shape index (κ3) is 4.72. The topological polar surface area (TPSA) is 77.8 Å². The summed E-state index contributed by atoms with van der Waals surface area (Å²) in [4.78, 5) is 24.7. The summed E-state index contributed by atoms with van der Waals surface area (Å²) in [6.07, 6.45) is 2.34. The minimum absolute atomic E-state index is 0.0887. The van der Waals surface area contributed by atoms with Crippen LogP contribution in [0.4, 0.5) is 0 Å². The fourth-order valence-electron chi connectivity index (χ4n) is 3.13. The quantitative estimate of drug-likeness (QED) is 0.663. The predicted molar refractivity (Wildman–Crippen MR) is 90.6 cm³/mol. The largest absolute Gasteiger partial charge is 0.480 e. The number of carbonyl (C=O) groups is 2. The minimum atomic E-state index is -1.12. The number of carboxylic acids is 1. The van der Waals surface area contributed by atoms with Gasteiger partial charge in [0.2, 0.25) is 5.91 Å². The van der Waals surface area contributed by atoms with E-state index in [-0.39, 0.29) is 25.3 Å². The second-order valence-corrected chi connectivity index (χ2v) is 6.56. The molecule has 0 spiro atoms. The molecule has 0 bridgehead atoms. The zero-order chi connectivity index (χ0) is 16.9. The van der Waals surface area contributed by atoms with Crippen LogP contribution in [-0.2, 0) is 16.0 Å². The number of amides is 1. The lowest BCUT2D eigenvalue weighted by Crippen LogP contribution is -2.41. The van der Waals surface area contributed by atoms with Crippen LogP contribution >= 0.6 is 12.6 Å². The summed E-state index contributed by atoms with van der Waals surface area (Å²) in [6, 6.07) is 9.01. The van der Waals surface area contributed by atoms with Crippen LogP contribution in [0.15, 0.2) is 30.3 Å². The van der Waals surface area contributed by atoms with Crippen LogP contribution in [0.25, 0.3) is 0 Å². The molecule has 1 unspecified atom stereocenters. The van der Waals surface area contributed by atoms with Gasteiger partial charge in [0, 0.05) is 12.8 Å². The average molecular weight is 337 g/mol. The van der Waals surface area contributed by atoms with E-state index in [1.807, 2.05) is 30.3 Å². The maximum Gasteiger partial charge on any atom is 0.326 e. The van der Waals surface area contributed by atoms with Crippen molar-refractivity contribution in [2.75, 3.05) is 12.3 Å². The predicted octanol–water partition coefficient (Wildman–Crippen LogP) is 1.75. The Labute approximate surface area is 141 Å². The van der Waals surface area contributed by atoms with Crippen LogP contribution in [-0.4, -0.2) is 50.9 Å². The number of aliphatic hydroxyl groups is 1. The molecule has 0 saturated carbocycles. The van der Waals surface area contributed by atoms with Crippen molar-refractivity contribution in [3.63, 3.8) is 0 Å². The fraction of sp³-hybridized carbons (Fsp3) is 0.529. The van der Waals surface area contributed by atoms with E-state index in [1.54, 1.807) is 0 Å². The smallest absolute Gasteiger partial charge is 0.326 e. The van der Waals surface area contributed by atoms with Crippen molar-refractivity contribution in [3.8, 4) is 0 Å². The number of rotatable bonds is 7. The molecule has 126 valence electrons. The van der Waals surface area contributed by atoms with Crippen LogP contribution in [0.1, 0.15) is 31.2 Å². The molecule has 1 aliphatic heterocycles. The van der Waals surface area contributed by atoms with Crippen molar-refractivity contribution in [2.45, 2.75) is 43.7 Å². The number of nitrogens with zero attached hydrogens (tertiary/aromatic N) is 1. The highest BCUT2D eigenvalue weighted by Crippen LogP contribution is 2.32. The third-order valence-electron chi connectivity index (χ3n) is 4.30. The van der Waals surface area contributed by atoms with E-state index in [2.05, 4.69) is 12.6 Å². The van der Waals surface area contributed by atoms with Crippen molar-refractivity contribution >= 4 is 24.5 Å². The number of thiol groups is 1. The van der Waals surface area contributed by atoms with Crippen molar-refractivity contribution in [1.29, 1.82) is 0 Å². The number of carbonyl (C=O) groups excluding carboxylic acids is 1. The van der Waals surface area contributed by atoms with Crippen molar-refractivity contribution < 1.29 is 19.8 Å². The molecule has 2 N–H and O–H groups in total. The van der Waals surface area contributed by atoms with Gasteiger partial charge in [-0.25, -0.2) is 4.79 Å². The lowest BCUT2D eigenvalue weighted by molar-refractivity contribution is -0.148. The zero-order valence-corrected chi connectivity index (χ0v) is 13.9. The number of β-amino-alcohol motifs (C(OH)–C–C–N with tert-alkyl or cyclic N) is 1. The van der Waals surface area contributed by atoms with E-state index in [4.69, 9.17) is 0 Å². The lowest BCUT2D eigenvalue weighted by Gasteiger charge is -2.23. The Morgan fingerprint density at radius 1 is 1.30 bits per heavy atom. The van der Waals surface area contributed by atoms with Crippen molar-refractivity contribution in [1.82, 2.24) is 4.90 Å². The summed E-state index contributed by atoms with van der Waals surface area (Å²) in [5.74, 6) is -0.948. The molecular weight excluding hydrogens is 314 g/mol. The highest BCUT2D eigenvalue weighted by atomic mass is 32.1. The van der Waals surface area contributed by atoms with E-state index in [0.29, 0.717) is 12.2 Å². The van der Waals surface area contributed by atoms with Crippen molar-refractivity contribution in [2.24, 2.45) is 0 Å². The monoisotopic (exact) mass is 337 g/mol. The first-order valence-electron chi connectivity index (χ1n) is 7.85. The van der Waals surface area contributed by atoms with Crippen LogP contribution in [0, 0.1) is 0 Å². The summed E-state index contributed by atoms with van der Waals surface area (Å²) in [7, 11) is 0. The Hall–Kier alpha value is -1.53. The van der Waals surface area contributed by atoms with Gasteiger partial charge >= 0.3 is 5.97 Å². The first-order valence-corrected chi connectivity index (χ1v) is 8.48. The minimum Gasteiger partial charge on any atom is -0.480 e. The Kier molecular flexibility index (Phi) is 6.07. The SMILES string of the molecule is O=C(O)[C@@H]1CC(O)(CCCc2ccccc2)CN1C(=O)CCS. The molecule has 1 amide bonds. The van der Waals surface area contributed by atoms with E-state index in [0.717, 1.165) is 12.8 Å². The molecule has 23 heavy (non-hydrogen) atoms. The first kappa shape index (κ1) is 17.8. The molecule has 1 aromatic rings. The van der Waals surface area contributed by atoms with Gasteiger partial charge in [-0.2, -0.15) is 12.6 Å². The molecule has 5 nitrogen and oxygen atoms in total. The number of aryl methyl sites for hydroxylation is 1. The molecular formula is C17H23NO4S. The third-order valence-corrected chi connectivity index (χ3v) is 4.52. The van der Waals surface area contributed by atoms with Gasteiger partial charge in [-0.3, -0.25) is 4.79 Å². The summed E-state index contributed by atoms with van der Waals surface area (Å²) < 4.78 is 0. The molecule has 1 fully saturated rings. The molecule has 1 aromatic carbocycles. The maximum absolute atomic E-state index is 12.0.